The van der Waals surface area contributed by atoms with Crippen LogP contribution in [0.1, 0.15) is 29.8 Å². The van der Waals surface area contributed by atoms with Crippen molar-refractivity contribution in [1.29, 1.82) is 0 Å². The third kappa shape index (κ3) is 4.08. The summed E-state index contributed by atoms with van der Waals surface area (Å²) in [5.41, 5.74) is 1.35. The number of esters is 2. The van der Waals surface area contributed by atoms with Crippen LogP contribution in [0.2, 0.25) is 0 Å². The fourth-order valence-electron chi connectivity index (χ4n) is 1.21. The average molecular weight is 307 g/mol. The predicted molar refractivity (Wildman–Crippen MR) is 57.7 cm³/mol. The van der Waals surface area contributed by atoms with Gasteiger partial charge in [-0.3, -0.25) is 4.79 Å². The second-order valence-corrected chi connectivity index (χ2v) is 2.89. The maximum atomic E-state index is 11.4. The van der Waals surface area contributed by atoms with Crippen molar-refractivity contribution in [2.24, 2.45) is 0 Å². The Balaban J connectivity index is 0.00000196. The van der Waals surface area contributed by atoms with Crippen LogP contribution >= 0.6 is 0 Å². The predicted octanol–water partition coefficient (Wildman–Crippen LogP) is 1.57. The molecule has 0 amide bonds. The summed E-state index contributed by atoms with van der Waals surface area (Å²) < 4.78 is 4.50. The summed E-state index contributed by atoms with van der Waals surface area (Å²) in [5, 5.41) is 0. The van der Waals surface area contributed by atoms with Crippen LogP contribution in [0.25, 0.3) is 0 Å². The Labute approximate surface area is 108 Å². The molecular weight excluding hydrogens is 295 g/mol. The van der Waals surface area contributed by atoms with E-state index in [9.17, 15) is 9.59 Å². The number of hydrogen-bond acceptors (Lipinski definition) is 3. The Morgan fingerprint density at radius 3 is 2.40 bits per heavy atom. The first-order valence-electron chi connectivity index (χ1n) is 4.45. The summed E-state index contributed by atoms with van der Waals surface area (Å²) in [6.07, 6.45) is 0.739. The van der Waals surface area contributed by atoms with Crippen LogP contribution < -0.4 is 0 Å². The molecule has 0 unspecified atom stereocenters. The third-order valence-corrected chi connectivity index (χ3v) is 1.85. The minimum Gasteiger partial charge on any atom is -0.390 e. The van der Waals surface area contributed by atoms with Crippen LogP contribution in [0.4, 0.5) is 0 Å². The van der Waals surface area contributed by atoms with Crippen molar-refractivity contribution in [3.63, 3.8) is 0 Å². The molecule has 0 aliphatic carbocycles. The molecule has 77 valence electrons. The molecule has 0 fully saturated rings. The van der Waals surface area contributed by atoms with Gasteiger partial charge in [-0.1, -0.05) is 25.1 Å². The molecule has 0 N–H and O–H groups in total. The number of carbonyl (C=O) groups is 2. The van der Waals surface area contributed by atoms with E-state index < -0.39 is 11.9 Å². The molecule has 0 aliphatic heterocycles. The molecule has 15 heavy (non-hydrogen) atoms. The van der Waals surface area contributed by atoms with Gasteiger partial charge in [0.15, 0.2) is 0 Å². The zero-order chi connectivity index (χ0) is 10.6. The fraction of sp³-hybridized carbons (Fsp3) is 0.273. The molecule has 3 nitrogen and oxygen atoms in total. The van der Waals surface area contributed by atoms with Crippen molar-refractivity contribution in [3.05, 3.63) is 35.4 Å². The molecule has 0 aromatic heterocycles. The van der Waals surface area contributed by atoms with Crippen molar-refractivity contribution < 1.29 is 14.3 Å². The smallest absolute Gasteiger partial charge is 0.346 e. The topological polar surface area (TPSA) is 43.4 Å². The summed E-state index contributed by atoms with van der Waals surface area (Å²) in [7, 11) is 0. The van der Waals surface area contributed by atoms with Gasteiger partial charge in [-0.2, -0.15) is 0 Å². The average Bonchev–Trinajstić information content (AvgIpc) is 2.16. The van der Waals surface area contributed by atoms with Crippen LogP contribution in [0, 0.1) is 0 Å². The van der Waals surface area contributed by atoms with Gasteiger partial charge in [-0.05, 0) is 18.1 Å². The van der Waals surface area contributed by atoms with E-state index in [0.29, 0.717) is 5.56 Å². The summed E-state index contributed by atoms with van der Waals surface area (Å²) >= 11 is 0. The van der Waals surface area contributed by atoms with Crippen LogP contribution in [0.5, 0.6) is 0 Å². The molecule has 0 heterocycles. The molecule has 0 atom stereocenters. The molecule has 3 radical (unpaired) electrons. The van der Waals surface area contributed by atoms with Gasteiger partial charge in [0, 0.05) is 32.8 Å². The molecule has 0 bridgehead atoms. The van der Waals surface area contributed by atoms with Gasteiger partial charge in [-0.15, -0.1) is 0 Å². The molecule has 1 aromatic carbocycles. The van der Waals surface area contributed by atoms with E-state index in [1.54, 1.807) is 12.1 Å². The SMILES string of the molecule is CCc1ccccc1C(=O)OC(C)=O.[In]. The van der Waals surface area contributed by atoms with Crippen LogP contribution in [0.3, 0.4) is 0 Å². The number of carbonyl (C=O) groups excluding carboxylic acids is 2. The fourth-order valence-corrected chi connectivity index (χ4v) is 1.21. The molecule has 4 heteroatoms. The van der Waals surface area contributed by atoms with Gasteiger partial charge in [0.2, 0.25) is 0 Å². The number of hydrogen-bond donors (Lipinski definition) is 0. The molecule has 0 saturated carbocycles. The molecule has 1 rings (SSSR count). The van der Waals surface area contributed by atoms with Crippen LogP contribution in [0.15, 0.2) is 24.3 Å². The first-order chi connectivity index (χ1) is 6.65. The van der Waals surface area contributed by atoms with E-state index in [-0.39, 0.29) is 25.8 Å². The summed E-state index contributed by atoms with van der Waals surface area (Å²) in [5.74, 6) is -1.16. The van der Waals surface area contributed by atoms with Gasteiger partial charge < -0.3 is 4.74 Å². The summed E-state index contributed by atoms with van der Waals surface area (Å²) in [6, 6.07) is 7.10. The first kappa shape index (κ1) is 14.2. The summed E-state index contributed by atoms with van der Waals surface area (Å²) in [6.45, 7) is 3.16. The third-order valence-electron chi connectivity index (χ3n) is 1.85. The molecule has 1 aromatic rings. The number of rotatable bonds is 2. The van der Waals surface area contributed by atoms with Gasteiger partial charge >= 0.3 is 11.9 Å². The second kappa shape index (κ2) is 6.67. The maximum absolute atomic E-state index is 11.4. The Morgan fingerprint density at radius 2 is 1.87 bits per heavy atom. The maximum Gasteiger partial charge on any atom is 0.346 e. The molecular formula is C11H12InO3. The quantitative estimate of drug-likeness (QED) is 0.615. The number of aryl methyl sites for hydroxylation is 1. The van der Waals surface area contributed by atoms with E-state index in [0.717, 1.165) is 12.0 Å². The molecule has 0 aliphatic rings. The monoisotopic (exact) mass is 307 g/mol. The second-order valence-electron chi connectivity index (χ2n) is 2.89. The van der Waals surface area contributed by atoms with Gasteiger partial charge in [0.05, 0.1) is 5.56 Å². The summed E-state index contributed by atoms with van der Waals surface area (Å²) in [4.78, 5) is 22.0. The normalized spacial score (nSPS) is 8.93. The van der Waals surface area contributed by atoms with Crippen LogP contribution in [-0.4, -0.2) is 37.8 Å². The Hall–Kier alpha value is -0.770. The minimum absolute atomic E-state index is 0. The number of benzene rings is 1. The van der Waals surface area contributed by atoms with Crippen molar-refractivity contribution in [2.75, 3.05) is 0 Å². The van der Waals surface area contributed by atoms with Gasteiger partial charge in [0.1, 0.15) is 0 Å². The largest absolute Gasteiger partial charge is 0.390 e. The standard InChI is InChI=1S/C11H12O3.In/c1-3-9-6-4-5-7-10(9)11(13)14-8(2)12;/h4-7H,3H2,1-2H3;. The molecule has 0 spiro atoms. The van der Waals surface area contributed by atoms with Gasteiger partial charge in [-0.25, -0.2) is 4.79 Å². The van der Waals surface area contributed by atoms with Crippen LogP contribution in [-0.2, 0) is 16.0 Å². The van der Waals surface area contributed by atoms with Gasteiger partial charge in [0.25, 0.3) is 0 Å². The van der Waals surface area contributed by atoms with E-state index in [2.05, 4.69) is 4.74 Å². The van der Waals surface area contributed by atoms with Crippen molar-refractivity contribution in [3.8, 4) is 0 Å². The van der Waals surface area contributed by atoms with E-state index >= 15 is 0 Å². The Kier molecular flexibility index (Phi) is 6.32. The van der Waals surface area contributed by atoms with Crippen molar-refractivity contribution in [2.45, 2.75) is 20.3 Å². The van der Waals surface area contributed by atoms with E-state index in [4.69, 9.17) is 0 Å². The van der Waals surface area contributed by atoms with E-state index in [1.165, 1.54) is 6.92 Å². The Morgan fingerprint density at radius 1 is 1.27 bits per heavy atom. The number of ether oxygens (including phenoxy) is 1. The minimum atomic E-state index is -0.582. The van der Waals surface area contributed by atoms with Crippen molar-refractivity contribution >= 4 is 37.8 Å². The zero-order valence-electron chi connectivity index (χ0n) is 8.82. The molecule has 0 saturated heterocycles. The van der Waals surface area contributed by atoms with Crippen molar-refractivity contribution in [1.82, 2.24) is 0 Å². The zero-order valence-corrected chi connectivity index (χ0v) is 12.1. The van der Waals surface area contributed by atoms with E-state index in [1.807, 2.05) is 19.1 Å². The first-order valence-corrected chi connectivity index (χ1v) is 4.45. The Bertz CT molecular complexity index is 361.